The van der Waals surface area contributed by atoms with E-state index in [4.69, 9.17) is 0 Å². The van der Waals surface area contributed by atoms with E-state index < -0.39 is 0 Å². The summed E-state index contributed by atoms with van der Waals surface area (Å²) in [4.78, 5) is 13.3. The van der Waals surface area contributed by atoms with E-state index in [-0.39, 0.29) is 5.91 Å². The molecule has 0 spiro atoms. The molecule has 0 radical (unpaired) electrons. The van der Waals surface area contributed by atoms with Gasteiger partial charge in [0.25, 0.3) is 0 Å². The van der Waals surface area contributed by atoms with Crippen LogP contribution in [0.3, 0.4) is 0 Å². The van der Waals surface area contributed by atoms with Crippen molar-refractivity contribution >= 4 is 29.0 Å². The highest BCUT2D eigenvalue weighted by molar-refractivity contribution is 8.00. The molecular weight excluding hydrogens is 392 g/mol. The first-order valence-electron chi connectivity index (χ1n) is 10.3. The molecule has 0 saturated carbocycles. The Morgan fingerprint density at radius 2 is 1.63 bits per heavy atom. The monoisotopic (exact) mass is 420 g/mol. The molecule has 30 heavy (non-hydrogen) atoms. The van der Waals surface area contributed by atoms with E-state index in [9.17, 15) is 9.90 Å². The van der Waals surface area contributed by atoms with Crippen LogP contribution in [0.4, 0.5) is 11.4 Å². The minimum atomic E-state index is -0.0111. The molecule has 3 rings (SSSR count). The number of thioether (sulfide) groups is 1. The van der Waals surface area contributed by atoms with Crippen LogP contribution in [-0.4, -0.2) is 16.8 Å². The molecule has 3 aromatic carbocycles. The number of benzene rings is 3. The van der Waals surface area contributed by atoms with Crippen molar-refractivity contribution in [2.45, 2.75) is 37.6 Å². The fraction of sp³-hybridized carbons (Fsp3) is 0.240. The summed E-state index contributed by atoms with van der Waals surface area (Å²) in [5.74, 6) is 0.643. The van der Waals surface area contributed by atoms with Crippen molar-refractivity contribution in [3.63, 3.8) is 0 Å². The number of amides is 1. The van der Waals surface area contributed by atoms with Crippen LogP contribution in [-0.2, 0) is 17.8 Å². The average molecular weight is 421 g/mol. The minimum absolute atomic E-state index is 0.0111. The van der Waals surface area contributed by atoms with Gasteiger partial charge < -0.3 is 15.7 Å². The second kappa shape index (κ2) is 11.3. The lowest BCUT2D eigenvalue weighted by atomic mass is 10.1. The molecule has 3 N–H and O–H groups in total. The van der Waals surface area contributed by atoms with Crippen LogP contribution in [0.1, 0.15) is 30.9 Å². The third kappa shape index (κ3) is 6.85. The average Bonchev–Trinajstić information content (AvgIpc) is 2.77. The smallest absolute Gasteiger partial charge is 0.234 e. The van der Waals surface area contributed by atoms with Gasteiger partial charge in [-0.1, -0.05) is 43.7 Å². The molecule has 0 aliphatic carbocycles. The molecule has 0 fully saturated rings. The van der Waals surface area contributed by atoms with Gasteiger partial charge in [0, 0.05) is 28.4 Å². The van der Waals surface area contributed by atoms with Crippen LogP contribution >= 0.6 is 11.8 Å². The zero-order valence-corrected chi connectivity index (χ0v) is 18.0. The number of aromatic hydroxyl groups is 1. The molecule has 5 heteroatoms. The van der Waals surface area contributed by atoms with E-state index >= 15 is 0 Å². The number of phenolic OH excluding ortho intramolecular Hbond substituents is 1. The van der Waals surface area contributed by atoms with Crippen LogP contribution < -0.4 is 10.6 Å². The van der Waals surface area contributed by atoms with Crippen LogP contribution in [0.5, 0.6) is 5.75 Å². The number of nitrogens with one attached hydrogen (secondary N) is 2. The first-order valence-corrected chi connectivity index (χ1v) is 11.2. The fourth-order valence-corrected chi connectivity index (χ4v) is 3.71. The largest absolute Gasteiger partial charge is 0.508 e. The Morgan fingerprint density at radius 3 is 2.33 bits per heavy atom. The van der Waals surface area contributed by atoms with Crippen molar-refractivity contribution in [3.05, 3.63) is 83.9 Å². The van der Waals surface area contributed by atoms with Gasteiger partial charge in [-0.2, -0.15) is 0 Å². The normalized spacial score (nSPS) is 10.6. The summed E-state index contributed by atoms with van der Waals surface area (Å²) in [6, 6.07) is 23.3. The Bertz CT molecular complexity index is 940. The lowest BCUT2D eigenvalue weighted by Gasteiger charge is -2.09. The van der Waals surface area contributed by atoms with Crippen LogP contribution in [0.15, 0.2) is 77.7 Å². The summed E-state index contributed by atoms with van der Waals surface area (Å²) in [6.45, 7) is 2.74. The van der Waals surface area contributed by atoms with Crippen molar-refractivity contribution < 1.29 is 9.90 Å². The molecule has 0 unspecified atom stereocenters. The lowest BCUT2D eigenvalue weighted by molar-refractivity contribution is -0.113. The number of anilines is 2. The van der Waals surface area contributed by atoms with E-state index in [2.05, 4.69) is 29.7 Å². The zero-order valence-electron chi connectivity index (χ0n) is 17.2. The number of para-hydroxylation sites is 1. The molecule has 156 valence electrons. The van der Waals surface area contributed by atoms with Gasteiger partial charge in [0.2, 0.25) is 5.91 Å². The highest BCUT2D eigenvalue weighted by Gasteiger charge is 2.05. The van der Waals surface area contributed by atoms with Gasteiger partial charge in [-0.05, 0) is 60.9 Å². The Hall–Kier alpha value is -2.92. The second-order valence-corrected chi connectivity index (χ2v) is 8.19. The maximum Gasteiger partial charge on any atom is 0.234 e. The Labute approximate surface area is 182 Å². The summed E-state index contributed by atoms with van der Waals surface area (Å²) in [5, 5.41) is 16.1. The van der Waals surface area contributed by atoms with Crippen molar-refractivity contribution in [3.8, 4) is 5.75 Å². The molecule has 0 heterocycles. The number of hydrogen-bond donors (Lipinski definition) is 3. The molecule has 0 bridgehead atoms. The first kappa shape index (κ1) is 21.8. The Morgan fingerprint density at radius 1 is 0.933 bits per heavy atom. The predicted octanol–water partition coefficient (Wildman–Crippen LogP) is 6.08. The Balaban J connectivity index is 1.43. The summed E-state index contributed by atoms with van der Waals surface area (Å²) in [7, 11) is 0. The molecular formula is C25H28N2O2S. The number of carbonyl (C=O) groups excluding carboxylic acids is 1. The van der Waals surface area contributed by atoms with Gasteiger partial charge in [0.1, 0.15) is 5.75 Å². The molecule has 0 atom stereocenters. The van der Waals surface area contributed by atoms with E-state index in [1.165, 1.54) is 30.2 Å². The summed E-state index contributed by atoms with van der Waals surface area (Å²) in [5.41, 5.74) is 3.96. The van der Waals surface area contributed by atoms with Crippen LogP contribution in [0, 0.1) is 0 Å². The van der Waals surface area contributed by atoms with Gasteiger partial charge in [-0.3, -0.25) is 4.79 Å². The maximum atomic E-state index is 12.2. The van der Waals surface area contributed by atoms with E-state index in [0.717, 1.165) is 28.3 Å². The van der Waals surface area contributed by atoms with E-state index in [1.54, 1.807) is 6.07 Å². The number of phenols is 1. The third-order valence-electron chi connectivity index (χ3n) is 4.76. The summed E-state index contributed by atoms with van der Waals surface area (Å²) in [6.07, 6.45) is 3.45. The molecule has 0 aliphatic heterocycles. The summed E-state index contributed by atoms with van der Waals surface area (Å²) >= 11 is 1.51. The van der Waals surface area contributed by atoms with Gasteiger partial charge in [-0.15, -0.1) is 11.8 Å². The van der Waals surface area contributed by atoms with Crippen molar-refractivity contribution in [1.29, 1.82) is 0 Å². The van der Waals surface area contributed by atoms with Gasteiger partial charge in [0.15, 0.2) is 0 Å². The van der Waals surface area contributed by atoms with Gasteiger partial charge >= 0.3 is 0 Å². The molecule has 0 aliphatic rings. The molecule has 0 aromatic heterocycles. The van der Waals surface area contributed by atoms with Crippen molar-refractivity contribution in [2.75, 3.05) is 16.4 Å². The maximum absolute atomic E-state index is 12.2. The second-order valence-electron chi connectivity index (χ2n) is 7.14. The highest BCUT2D eigenvalue weighted by atomic mass is 32.2. The van der Waals surface area contributed by atoms with Crippen molar-refractivity contribution in [2.24, 2.45) is 0 Å². The molecule has 0 saturated heterocycles. The van der Waals surface area contributed by atoms with E-state index in [0.29, 0.717) is 18.0 Å². The topological polar surface area (TPSA) is 61.4 Å². The number of aryl methyl sites for hydroxylation is 1. The van der Waals surface area contributed by atoms with Gasteiger partial charge in [-0.25, -0.2) is 0 Å². The van der Waals surface area contributed by atoms with Crippen LogP contribution in [0.25, 0.3) is 0 Å². The first-order chi connectivity index (χ1) is 14.6. The minimum Gasteiger partial charge on any atom is -0.508 e. The lowest BCUT2D eigenvalue weighted by Crippen LogP contribution is -2.13. The number of unbranched alkanes of at least 4 members (excludes halogenated alkanes) is 1. The highest BCUT2D eigenvalue weighted by Crippen LogP contribution is 2.22. The number of carbonyl (C=O) groups is 1. The Kier molecular flexibility index (Phi) is 8.21. The third-order valence-corrected chi connectivity index (χ3v) is 5.77. The molecule has 1 amide bonds. The standard InChI is InChI=1S/C25H28N2O2S/c1-2-3-6-19-9-11-22(12-10-19)27-25(29)18-30-23-15-13-21(14-16-23)26-17-20-7-4-5-8-24(20)28/h4-5,7-16,26,28H,2-3,6,17-18H2,1H3,(H,27,29). The SMILES string of the molecule is CCCCc1ccc(NC(=O)CSc2ccc(NCc3ccccc3O)cc2)cc1. The predicted molar refractivity (Wildman–Crippen MR) is 126 cm³/mol. The molecule has 3 aromatic rings. The fourth-order valence-electron chi connectivity index (χ4n) is 3.01. The molecule has 4 nitrogen and oxygen atoms in total. The van der Waals surface area contributed by atoms with E-state index in [1.807, 2.05) is 54.6 Å². The number of rotatable bonds is 10. The summed E-state index contributed by atoms with van der Waals surface area (Å²) < 4.78 is 0. The van der Waals surface area contributed by atoms with Crippen LogP contribution in [0.2, 0.25) is 0 Å². The van der Waals surface area contributed by atoms with Gasteiger partial charge in [0.05, 0.1) is 5.75 Å². The number of hydrogen-bond acceptors (Lipinski definition) is 4. The van der Waals surface area contributed by atoms with Crippen molar-refractivity contribution in [1.82, 2.24) is 0 Å². The zero-order chi connectivity index (χ0) is 21.2. The quantitative estimate of drug-likeness (QED) is 0.348.